The lowest BCUT2D eigenvalue weighted by atomic mass is 10.1. The molecule has 1 aliphatic heterocycles. The predicted octanol–water partition coefficient (Wildman–Crippen LogP) is 5.36. The molecular weight excluding hydrogens is 384 g/mol. The molecule has 5 nitrogen and oxygen atoms in total. The third-order valence-corrected chi connectivity index (χ3v) is 5.29. The Kier molecular flexibility index (Phi) is 7.30. The molecule has 6 heteroatoms. The first kappa shape index (κ1) is 20.9. The molecule has 0 bridgehead atoms. The van der Waals surface area contributed by atoms with Gasteiger partial charge in [0.25, 0.3) is 0 Å². The largest absolute Gasteiger partial charge is 0.372 e. The van der Waals surface area contributed by atoms with Crippen LogP contribution in [0.15, 0.2) is 60.9 Å². The second kappa shape index (κ2) is 10.1. The Morgan fingerprint density at radius 2 is 1.72 bits per heavy atom. The highest BCUT2D eigenvalue weighted by Crippen LogP contribution is 2.22. The van der Waals surface area contributed by atoms with Crippen molar-refractivity contribution in [1.29, 1.82) is 0 Å². The lowest BCUT2D eigenvalue weighted by Crippen LogP contribution is -2.28. The van der Waals surface area contributed by atoms with Crippen molar-refractivity contribution in [3.63, 3.8) is 0 Å². The Balaban J connectivity index is 0.00000240. The zero-order valence-corrected chi connectivity index (χ0v) is 17.3. The van der Waals surface area contributed by atoms with E-state index < -0.39 is 0 Å². The van der Waals surface area contributed by atoms with Crippen molar-refractivity contribution >= 4 is 40.6 Å². The first-order valence-corrected chi connectivity index (χ1v) is 10.0. The summed E-state index contributed by atoms with van der Waals surface area (Å²) in [6, 6.07) is 16.0. The lowest BCUT2D eigenvalue weighted by Gasteiger charge is -2.22. The van der Waals surface area contributed by atoms with Gasteiger partial charge in [-0.2, -0.15) is 0 Å². The van der Waals surface area contributed by atoms with E-state index in [-0.39, 0.29) is 18.4 Å². The van der Waals surface area contributed by atoms with E-state index >= 15 is 0 Å². The van der Waals surface area contributed by atoms with E-state index in [1.54, 1.807) is 12.4 Å². The number of pyridine rings is 1. The summed E-state index contributed by atoms with van der Waals surface area (Å²) in [7, 11) is 0. The molecule has 0 radical (unpaired) electrons. The van der Waals surface area contributed by atoms with Gasteiger partial charge in [0.05, 0.1) is 5.69 Å². The van der Waals surface area contributed by atoms with Crippen LogP contribution < -0.4 is 15.5 Å². The molecule has 2 N–H and O–H groups in total. The molecule has 0 aliphatic carbocycles. The van der Waals surface area contributed by atoms with Crippen LogP contribution >= 0.6 is 12.4 Å². The second-order valence-corrected chi connectivity index (χ2v) is 7.28. The molecule has 2 amide bonds. The third-order valence-electron chi connectivity index (χ3n) is 5.29. The molecule has 3 aromatic rings. The Labute approximate surface area is 177 Å². The summed E-state index contributed by atoms with van der Waals surface area (Å²) in [6.45, 7) is 2.78. The van der Waals surface area contributed by atoms with Crippen LogP contribution in [0.2, 0.25) is 0 Å². The Morgan fingerprint density at radius 1 is 0.966 bits per heavy atom. The highest BCUT2D eigenvalue weighted by molar-refractivity contribution is 6.01. The van der Waals surface area contributed by atoms with Crippen molar-refractivity contribution in [3.05, 3.63) is 66.5 Å². The van der Waals surface area contributed by atoms with Crippen LogP contribution in [0.25, 0.3) is 10.8 Å². The van der Waals surface area contributed by atoms with E-state index in [9.17, 15) is 4.79 Å². The van der Waals surface area contributed by atoms with Crippen LogP contribution in [0.3, 0.4) is 0 Å². The minimum Gasteiger partial charge on any atom is -0.372 e. The van der Waals surface area contributed by atoms with Crippen LogP contribution in [0.1, 0.15) is 31.2 Å². The molecule has 0 saturated carbocycles. The van der Waals surface area contributed by atoms with Crippen LogP contribution in [0.4, 0.5) is 16.2 Å². The van der Waals surface area contributed by atoms with E-state index in [1.807, 2.05) is 24.3 Å². The summed E-state index contributed by atoms with van der Waals surface area (Å²) < 4.78 is 0. The van der Waals surface area contributed by atoms with Crippen molar-refractivity contribution in [2.24, 2.45) is 0 Å². The van der Waals surface area contributed by atoms with E-state index in [0.717, 1.165) is 35.1 Å². The zero-order valence-electron chi connectivity index (χ0n) is 16.4. The topological polar surface area (TPSA) is 57.3 Å². The maximum Gasteiger partial charge on any atom is 0.319 e. The summed E-state index contributed by atoms with van der Waals surface area (Å²) in [5.41, 5.74) is 3.16. The quantitative estimate of drug-likeness (QED) is 0.608. The number of hydrogen-bond acceptors (Lipinski definition) is 3. The summed E-state index contributed by atoms with van der Waals surface area (Å²) >= 11 is 0. The number of urea groups is 1. The maximum atomic E-state index is 12.3. The third kappa shape index (κ3) is 5.39. The standard InChI is InChI=1S/C23H26N4O.ClH/c28-23(26-22-7-5-6-19-17-24-13-12-21(19)22)25-16-18-8-10-20(11-9-18)27-14-3-1-2-4-15-27;/h5-13,17H,1-4,14-16H2,(H2,25,26,28);1H. The fraction of sp³-hybridized carbons (Fsp3) is 0.304. The second-order valence-electron chi connectivity index (χ2n) is 7.28. The maximum absolute atomic E-state index is 12.3. The number of hydrogen-bond donors (Lipinski definition) is 2. The molecule has 1 fully saturated rings. The molecule has 1 aliphatic rings. The smallest absolute Gasteiger partial charge is 0.319 e. The molecule has 152 valence electrons. The molecule has 0 unspecified atom stereocenters. The summed E-state index contributed by atoms with van der Waals surface area (Å²) in [6.07, 6.45) is 8.74. The van der Waals surface area contributed by atoms with Gasteiger partial charge in [-0.15, -0.1) is 12.4 Å². The molecule has 0 spiro atoms. The minimum atomic E-state index is -0.207. The molecule has 29 heavy (non-hydrogen) atoms. The molecule has 2 aromatic carbocycles. The van der Waals surface area contributed by atoms with Crippen molar-refractivity contribution < 1.29 is 4.79 Å². The van der Waals surface area contributed by atoms with Gasteiger partial charge in [-0.25, -0.2) is 4.79 Å². The van der Waals surface area contributed by atoms with Crippen LogP contribution in [0, 0.1) is 0 Å². The van der Waals surface area contributed by atoms with E-state index in [4.69, 9.17) is 0 Å². The predicted molar refractivity (Wildman–Crippen MR) is 122 cm³/mol. The SMILES string of the molecule is Cl.O=C(NCc1ccc(N2CCCCCC2)cc1)Nc1cccc2cnccc12. The van der Waals surface area contributed by atoms with Gasteiger partial charge in [-0.3, -0.25) is 4.98 Å². The van der Waals surface area contributed by atoms with Gasteiger partial charge in [-0.1, -0.05) is 37.1 Å². The average Bonchev–Trinajstić information content (AvgIpc) is 3.03. The van der Waals surface area contributed by atoms with Crippen LogP contribution in [0.5, 0.6) is 0 Å². The number of amides is 2. The minimum absolute atomic E-state index is 0. The number of anilines is 2. The summed E-state index contributed by atoms with van der Waals surface area (Å²) in [4.78, 5) is 18.9. The summed E-state index contributed by atoms with van der Waals surface area (Å²) in [5, 5.41) is 7.87. The van der Waals surface area contributed by atoms with Gasteiger partial charge in [0.1, 0.15) is 0 Å². The van der Waals surface area contributed by atoms with Crippen molar-refractivity contribution in [1.82, 2.24) is 10.3 Å². The number of nitrogens with one attached hydrogen (secondary N) is 2. The number of rotatable bonds is 4. The Hall–Kier alpha value is -2.79. The van der Waals surface area contributed by atoms with Gasteiger partial charge in [0.2, 0.25) is 0 Å². The highest BCUT2D eigenvalue weighted by atomic mass is 35.5. The molecule has 1 saturated heterocycles. The van der Waals surface area contributed by atoms with E-state index in [0.29, 0.717) is 6.54 Å². The average molecular weight is 411 g/mol. The van der Waals surface area contributed by atoms with Gasteiger partial charge < -0.3 is 15.5 Å². The number of nitrogens with zero attached hydrogens (tertiary/aromatic N) is 2. The highest BCUT2D eigenvalue weighted by Gasteiger charge is 2.10. The molecule has 0 atom stereocenters. The van der Waals surface area contributed by atoms with Gasteiger partial charge >= 0.3 is 6.03 Å². The van der Waals surface area contributed by atoms with Gasteiger partial charge in [-0.05, 0) is 42.7 Å². The van der Waals surface area contributed by atoms with Crippen LogP contribution in [-0.4, -0.2) is 24.1 Å². The number of carbonyl (C=O) groups excluding carboxylic acids is 1. The molecule has 1 aromatic heterocycles. The summed E-state index contributed by atoms with van der Waals surface area (Å²) in [5.74, 6) is 0. The first-order valence-electron chi connectivity index (χ1n) is 10.0. The molecular formula is C23H27ClN4O. The van der Waals surface area contributed by atoms with Gasteiger partial charge in [0.15, 0.2) is 0 Å². The molecule has 2 heterocycles. The fourth-order valence-corrected chi connectivity index (χ4v) is 3.73. The Morgan fingerprint density at radius 3 is 2.48 bits per heavy atom. The first-order chi connectivity index (χ1) is 13.8. The number of halogens is 1. The lowest BCUT2D eigenvalue weighted by molar-refractivity contribution is 0.252. The number of carbonyl (C=O) groups is 1. The van der Waals surface area contributed by atoms with Crippen molar-refractivity contribution in [2.75, 3.05) is 23.3 Å². The van der Waals surface area contributed by atoms with Crippen LogP contribution in [-0.2, 0) is 6.54 Å². The number of aromatic nitrogens is 1. The number of benzene rings is 2. The van der Waals surface area contributed by atoms with E-state index in [1.165, 1.54) is 31.4 Å². The zero-order chi connectivity index (χ0) is 19.2. The van der Waals surface area contributed by atoms with E-state index in [2.05, 4.69) is 44.8 Å². The normalized spacial score (nSPS) is 14.0. The Bertz CT molecular complexity index is 932. The number of fused-ring (bicyclic) bond motifs is 1. The van der Waals surface area contributed by atoms with Gasteiger partial charge in [0, 0.05) is 48.5 Å². The van der Waals surface area contributed by atoms with Crippen molar-refractivity contribution in [3.8, 4) is 0 Å². The fourth-order valence-electron chi connectivity index (χ4n) is 3.73. The monoisotopic (exact) mass is 410 g/mol. The molecule has 4 rings (SSSR count). The van der Waals surface area contributed by atoms with Crippen molar-refractivity contribution in [2.45, 2.75) is 32.2 Å².